The Hall–Kier alpha value is -2.70. The summed E-state index contributed by atoms with van der Waals surface area (Å²) in [7, 11) is 0. The van der Waals surface area contributed by atoms with Crippen LogP contribution in [0.5, 0.6) is 17.2 Å². The number of carbonyl (C=O) groups is 1. The summed E-state index contributed by atoms with van der Waals surface area (Å²) < 4.78 is 15.6. The molecule has 136 valence electrons. The number of ether oxygens (including phenoxy) is 2. The van der Waals surface area contributed by atoms with E-state index in [4.69, 9.17) is 19.0 Å². The molecule has 0 aliphatic carbocycles. The van der Waals surface area contributed by atoms with E-state index in [1.165, 1.54) is 18.2 Å². The molecular formula is C18H22O7. The molecular weight excluding hydrogens is 328 g/mol. The molecule has 7 nitrogen and oxygen atoms in total. The minimum atomic E-state index is -1.11. The number of unbranched alkanes of at least 4 members (excludes halogenated alkanes) is 4. The van der Waals surface area contributed by atoms with Crippen molar-refractivity contribution in [1.29, 1.82) is 0 Å². The van der Waals surface area contributed by atoms with Gasteiger partial charge in [-0.25, -0.2) is 9.59 Å². The van der Waals surface area contributed by atoms with Crippen LogP contribution < -0.4 is 15.1 Å². The lowest BCUT2D eigenvalue weighted by atomic mass is 10.2. The quantitative estimate of drug-likeness (QED) is 0.500. The van der Waals surface area contributed by atoms with Crippen LogP contribution >= 0.6 is 0 Å². The monoisotopic (exact) mass is 350 g/mol. The van der Waals surface area contributed by atoms with Crippen molar-refractivity contribution in [2.45, 2.75) is 39.0 Å². The summed E-state index contributed by atoms with van der Waals surface area (Å²) in [5.41, 5.74) is -0.585. The number of fused-ring (bicyclic) bond motifs is 1. The lowest BCUT2D eigenvalue weighted by Crippen LogP contribution is -2.10. The van der Waals surface area contributed by atoms with Crippen molar-refractivity contribution >= 4 is 16.9 Å². The van der Waals surface area contributed by atoms with E-state index in [0.717, 1.165) is 32.1 Å². The van der Waals surface area contributed by atoms with E-state index >= 15 is 0 Å². The van der Waals surface area contributed by atoms with Gasteiger partial charge in [-0.1, -0.05) is 32.6 Å². The number of rotatable bonds is 10. The van der Waals surface area contributed by atoms with Crippen molar-refractivity contribution in [3.8, 4) is 17.2 Å². The second-order valence-corrected chi connectivity index (χ2v) is 5.67. The Balaban J connectivity index is 2.13. The highest BCUT2D eigenvalue weighted by atomic mass is 16.5. The normalized spacial score (nSPS) is 10.8. The van der Waals surface area contributed by atoms with Crippen molar-refractivity contribution in [3.05, 3.63) is 28.6 Å². The molecule has 0 fully saturated rings. The molecule has 2 rings (SSSR count). The van der Waals surface area contributed by atoms with Gasteiger partial charge in [0.1, 0.15) is 11.3 Å². The number of aromatic hydroxyl groups is 1. The predicted octanol–water partition coefficient (Wildman–Crippen LogP) is 3.31. The maximum atomic E-state index is 12.0. The number of carboxylic acids is 1. The fourth-order valence-electron chi connectivity index (χ4n) is 2.39. The Bertz CT molecular complexity index is 779. The highest BCUT2D eigenvalue weighted by Crippen LogP contribution is 2.33. The van der Waals surface area contributed by atoms with Crippen LogP contribution in [0.15, 0.2) is 27.4 Å². The number of carboxylic acid groups (broad SMARTS) is 1. The van der Waals surface area contributed by atoms with E-state index in [9.17, 15) is 14.7 Å². The number of hydrogen-bond donors (Lipinski definition) is 2. The second-order valence-electron chi connectivity index (χ2n) is 5.67. The van der Waals surface area contributed by atoms with Gasteiger partial charge in [-0.05, 0) is 24.6 Å². The molecule has 0 atom stereocenters. The second kappa shape index (κ2) is 8.96. The van der Waals surface area contributed by atoms with Crippen LogP contribution in [0.3, 0.4) is 0 Å². The summed E-state index contributed by atoms with van der Waals surface area (Å²) in [6.45, 7) is 1.93. The average Bonchev–Trinajstić information content (AvgIpc) is 2.58. The van der Waals surface area contributed by atoms with Crippen molar-refractivity contribution < 1.29 is 28.9 Å². The molecule has 0 amide bonds. The highest BCUT2D eigenvalue weighted by Gasteiger charge is 2.16. The minimum Gasteiger partial charge on any atom is -0.504 e. The average molecular weight is 350 g/mol. The third-order valence-corrected chi connectivity index (χ3v) is 3.67. The topological polar surface area (TPSA) is 106 Å². The Labute approximate surface area is 144 Å². The van der Waals surface area contributed by atoms with E-state index in [1.807, 2.05) is 0 Å². The van der Waals surface area contributed by atoms with Gasteiger partial charge >= 0.3 is 11.6 Å². The van der Waals surface area contributed by atoms with Crippen LogP contribution in [0.1, 0.15) is 39.0 Å². The fourth-order valence-corrected chi connectivity index (χ4v) is 2.39. The molecule has 2 aromatic rings. The molecule has 0 aliphatic rings. The molecule has 25 heavy (non-hydrogen) atoms. The first-order chi connectivity index (χ1) is 12.0. The SMILES string of the molecule is CCCCCCCOc1c(O)c2cc(OCC(=O)O)ccc2oc1=O. The van der Waals surface area contributed by atoms with Crippen LogP contribution in [0, 0.1) is 0 Å². The van der Waals surface area contributed by atoms with E-state index in [2.05, 4.69) is 6.92 Å². The van der Waals surface area contributed by atoms with Gasteiger partial charge in [-0.15, -0.1) is 0 Å². The first-order valence-electron chi connectivity index (χ1n) is 8.30. The summed E-state index contributed by atoms with van der Waals surface area (Å²) in [4.78, 5) is 22.5. The third kappa shape index (κ3) is 5.14. The van der Waals surface area contributed by atoms with Gasteiger partial charge in [-0.3, -0.25) is 0 Å². The van der Waals surface area contributed by atoms with Gasteiger partial charge in [0.15, 0.2) is 12.4 Å². The van der Waals surface area contributed by atoms with Crippen molar-refractivity contribution in [2.24, 2.45) is 0 Å². The zero-order valence-electron chi connectivity index (χ0n) is 14.1. The highest BCUT2D eigenvalue weighted by molar-refractivity contribution is 5.86. The first kappa shape index (κ1) is 18.6. The van der Waals surface area contributed by atoms with Crippen LogP contribution in [-0.2, 0) is 4.79 Å². The maximum Gasteiger partial charge on any atom is 0.383 e. The summed E-state index contributed by atoms with van der Waals surface area (Å²) in [6, 6.07) is 4.30. The molecule has 0 radical (unpaired) electrons. The minimum absolute atomic E-state index is 0.167. The lowest BCUT2D eigenvalue weighted by molar-refractivity contribution is -0.139. The number of aliphatic carboxylic acids is 1. The zero-order valence-corrected chi connectivity index (χ0v) is 14.1. The molecule has 2 N–H and O–H groups in total. The summed E-state index contributed by atoms with van der Waals surface area (Å²) in [5.74, 6) is -1.44. The van der Waals surface area contributed by atoms with Crippen molar-refractivity contribution in [1.82, 2.24) is 0 Å². The summed E-state index contributed by atoms with van der Waals surface area (Å²) >= 11 is 0. The summed E-state index contributed by atoms with van der Waals surface area (Å²) in [6.07, 6.45) is 5.16. The van der Waals surface area contributed by atoms with Gasteiger partial charge in [0.25, 0.3) is 0 Å². The molecule has 7 heteroatoms. The lowest BCUT2D eigenvalue weighted by Gasteiger charge is -2.09. The molecule has 0 spiro atoms. The van der Waals surface area contributed by atoms with E-state index in [-0.39, 0.29) is 28.2 Å². The molecule has 1 heterocycles. The number of benzene rings is 1. The summed E-state index contributed by atoms with van der Waals surface area (Å²) in [5, 5.41) is 19.2. The Morgan fingerprint density at radius 2 is 1.92 bits per heavy atom. The van der Waals surface area contributed by atoms with Gasteiger partial charge in [0.05, 0.1) is 12.0 Å². The van der Waals surface area contributed by atoms with Gasteiger partial charge in [-0.2, -0.15) is 0 Å². The van der Waals surface area contributed by atoms with E-state index < -0.39 is 18.2 Å². The van der Waals surface area contributed by atoms with Crippen LogP contribution in [0.25, 0.3) is 11.0 Å². The van der Waals surface area contributed by atoms with Gasteiger partial charge in [0, 0.05) is 0 Å². The number of hydrogen-bond acceptors (Lipinski definition) is 6. The third-order valence-electron chi connectivity index (χ3n) is 3.67. The Morgan fingerprint density at radius 1 is 1.16 bits per heavy atom. The van der Waals surface area contributed by atoms with Crippen LogP contribution in [0.2, 0.25) is 0 Å². The smallest absolute Gasteiger partial charge is 0.383 e. The zero-order chi connectivity index (χ0) is 18.2. The molecule has 0 saturated heterocycles. The maximum absolute atomic E-state index is 12.0. The van der Waals surface area contributed by atoms with Crippen molar-refractivity contribution in [3.63, 3.8) is 0 Å². The molecule has 0 saturated carbocycles. The van der Waals surface area contributed by atoms with Crippen LogP contribution in [0.4, 0.5) is 0 Å². The van der Waals surface area contributed by atoms with Crippen LogP contribution in [-0.4, -0.2) is 29.4 Å². The predicted molar refractivity (Wildman–Crippen MR) is 91.5 cm³/mol. The van der Waals surface area contributed by atoms with E-state index in [1.54, 1.807) is 0 Å². The molecule has 0 bridgehead atoms. The fraction of sp³-hybridized carbons (Fsp3) is 0.444. The standard InChI is InChI=1S/C18H22O7/c1-2-3-4-5-6-9-23-17-16(21)13-10-12(24-11-15(19)20)7-8-14(13)25-18(17)22/h7-8,10,21H,2-6,9,11H2,1H3,(H,19,20). The molecule has 0 unspecified atom stereocenters. The Kier molecular flexibility index (Phi) is 6.68. The molecule has 1 aromatic carbocycles. The molecule has 0 aliphatic heterocycles. The molecule has 1 aromatic heterocycles. The first-order valence-corrected chi connectivity index (χ1v) is 8.30. The van der Waals surface area contributed by atoms with E-state index in [0.29, 0.717) is 6.61 Å². The van der Waals surface area contributed by atoms with Gasteiger partial charge < -0.3 is 24.1 Å². The Morgan fingerprint density at radius 3 is 2.64 bits per heavy atom. The van der Waals surface area contributed by atoms with Gasteiger partial charge in [0.2, 0.25) is 5.75 Å². The van der Waals surface area contributed by atoms with Crippen molar-refractivity contribution in [2.75, 3.05) is 13.2 Å². The largest absolute Gasteiger partial charge is 0.504 e.